The summed E-state index contributed by atoms with van der Waals surface area (Å²) >= 11 is 0. The Labute approximate surface area is 158 Å². The van der Waals surface area contributed by atoms with E-state index in [1.54, 1.807) is 17.9 Å². The average molecular weight is 435 g/mol. The van der Waals surface area contributed by atoms with Crippen molar-refractivity contribution in [3.05, 3.63) is 12.7 Å². The van der Waals surface area contributed by atoms with Crippen LogP contribution in [0.2, 0.25) is 0 Å². The summed E-state index contributed by atoms with van der Waals surface area (Å²) in [6.45, 7) is -0.369. The number of phosphoric acid groups is 2. The third kappa shape index (κ3) is 3.49. The van der Waals surface area contributed by atoms with E-state index in [-0.39, 0.29) is 25.0 Å². The van der Waals surface area contributed by atoms with E-state index in [1.165, 1.54) is 6.33 Å². The highest BCUT2D eigenvalue weighted by atomic mass is 31.2. The molecule has 2 saturated carbocycles. The number of hydrogen-bond donors (Lipinski definition) is 5. The first-order valence-corrected chi connectivity index (χ1v) is 11.4. The van der Waals surface area contributed by atoms with Crippen molar-refractivity contribution in [2.45, 2.75) is 25.0 Å². The number of anilines is 1. The Balaban J connectivity index is 1.67. The number of nitrogens with zero attached hydrogens (tertiary/aromatic N) is 4. The number of hydrogen-bond acceptors (Lipinski definition) is 8. The minimum Gasteiger partial charge on any atom is -0.371 e. The second kappa shape index (κ2) is 6.54. The number of aromatic nitrogens is 4. The van der Waals surface area contributed by atoms with E-state index in [1.807, 2.05) is 0 Å². The highest BCUT2D eigenvalue weighted by Gasteiger charge is 2.70. The third-order valence-electron chi connectivity index (χ3n) is 5.46. The fourth-order valence-electron chi connectivity index (χ4n) is 4.22. The summed E-state index contributed by atoms with van der Waals surface area (Å²) < 4.78 is 34.0. The quantitative estimate of drug-likeness (QED) is 0.377. The molecular formula is C13H19N5O8P2. The lowest BCUT2D eigenvalue weighted by Crippen LogP contribution is -2.26. The fourth-order valence-corrected chi connectivity index (χ4v) is 5.26. The Bertz CT molecular complexity index is 1000. The highest BCUT2D eigenvalue weighted by Crippen LogP contribution is 2.71. The van der Waals surface area contributed by atoms with Crippen molar-refractivity contribution < 1.29 is 37.8 Å². The maximum Gasteiger partial charge on any atom is 0.469 e. The smallest absolute Gasteiger partial charge is 0.371 e. The van der Waals surface area contributed by atoms with Gasteiger partial charge in [0.25, 0.3) is 0 Å². The van der Waals surface area contributed by atoms with E-state index >= 15 is 0 Å². The number of imidazole rings is 1. The number of rotatable bonds is 7. The van der Waals surface area contributed by atoms with Crippen molar-refractivity contribution in [2.24, 2.45) is 11.3 Å². The maximum absolute atomic E-state index is 11.4. The lowest BCUT2D eigenvalue weighted by Gasteiger charge is -2.24. The Morgan fingerprint density at radius 3 is 2.64 bits per heavy atom. The molecule has 0 bridgehead atoms. The molecule has 13 nitrogen and oxygen atoms in total. The van der Waals surface area contributed by atoms with Gasteiger partial charge in [-0.3, -0.25) is 9.05 Å². The van der Waals surface area contributed by atoms with Gasteiger partial charge in [0, 0.05) is 18.5 Å². The van der Waals surface area contributed by atoms with Gasteiger partial charge in [-0.15, -0.1) is 0 Å². The molecule has 4 atom stereocenters. The van der Waals surface area contributed by atoms with Crippen molar-refractivity contribution in [1.82, 2.24) is 19.5 Å². The van der Waals surface area contributed by atoms with Crippen LogP contribution in [0.3, 0.4) is 0 Å². The van der Waals surface area contributed by atoms with E-state index in [9.17, 15) is 18.9 Å². The molecule has 0 saturated heterocycles. The van der Waals surface area contributed by atoms with E-state index in [0.29, 0.717) is 23.4 Å². The summed E-state index contributed by atoms with van der Waals surface area (Å²) in [7, 11) is -7.85. The molecule has 154 valence electrons. The minimum absolute atomic E-state index is 0.166. The van der Waals surface area contributed by atoms with Crippen molar-refractivity contribution >= 4 is 32.6 Å². The molecule has 2 aliphatic carbocycles. The highest BCUT2D eigenvalue weighted by molar-refractivity contribution is 7.46. The van der Waals surface area contributed by atoms with Gasteiger partial charge < -0.3 is 29.5 Å². The van der Waals surface area contributed by atoms with Crippen LogP contribution in [0.4, 0.5) is 5.82 Å². The van der Waals surface area contributed by atoms with Crippen LogP contribution in [0.25, 0.3) is 11.2 Å². The molecule has 15 heteroatoms. The largest absolute Gasteiger partial charge is 0.469 e. The van der Waals surface area contributed by atoms with Crippen LogP contribution < -0.4 is 5.32 Å². The van der Waals surface area contributed by atoms with Gasteiger partial charge in [-0.1, -0.05) is 0 Å². The first kappa shape index (κ1) is 19.9. The van der Waals surface area contributed by atoms with Crippen LogP contribution in [0.15, 0.2) is 12.7 Å². The number of phosphoric ester groups is 2. The molecule has 0 amide bonds. The zero-order chi connectivity index (χ0) is 20.3. The fraction of sp³-hybridized carbons (Fsp3) is 0.615. The van der Waals surface area contributed by atoms with Gasteiger partial charge >= 0.3 is 15.6 Å². The Morgan fingerprint density at radius 1 is 1.25 bits per heavy atom. The molecule has 4 rings (SSSR count). The SMILES string of the molecule is CNc1ncnc2c1ncn2[C@H]1C[C@H](OP(=O)(O)O)[C@]2(COP(=O)(O)O)C[C@H]12. The van der Waals surface area contributed by atoms with Crippen molar-refractivity contribution in [2.75, 3.05) is 19.0 Å². The zero-order valence-corrected chi connectivity index (χ0v) is 16.4. The molecule has 0 unspecified atom stereocenters. The van der Waals surface area contributed by atoms with E-state index in [4.69, 9.17) is 14.3 Å². The third-order valence-corrected chi connectivity index (χ3v) is 6.45. The standard InChI is InChI=1S/C13H19N5O8P2/c1-14-11-10-12(16-5-15-11)18(6-17-10)8-2-9(26-28(22,23)24)13(3-7(8)13)4-25-27(19,20)21/h5-9H,2-4H2,1H3,(H,14,15,16)(H2,19,20,21)(H2,22,23,24)/t7-,8+,9+,13+/m1/s1. The first-order chi connectivity index (χ1) is 13.0. The van der Waals surface area contributed by atoms with Crippen molar-refractivity contribution in [3.63, 3.8) is 0 Å². The summed E-state index contributed by atoms with van der Waals surface area (Å²) in [5.74, 6) is 0.373. The van der Waals surface area contributed by atoms with Crippen LogP contribution in [-0.2, 0) is 18.2 Å². The molecule has 0 aromatic carbocycles. The summed E-state index contributed by atoms with van der Waals surface area (Å²) in [5.41, 5.74) is 0.183. The van der Waals surface area contributed by atoms with Gasteiger partial charge in [0.2, 0.25) is 0 Å². The second-order valence-electron chi connectivity index (χ2n) is 6.99. The van der Waals surface area contributed by atoms with Gasteiger partial charge in [-0.25, -0.2) is 24.1 Å². The monoisotopic (exact) mass is 435 g/mol. The number of fused-ring (bicyclic) bond motifs is 2. The van der Waals surface area contributed by atoms with Gasteiger partial charge in [0.15, 0.2) is 11.5 Å². The number of nitrogens with one attached hydrogen (secondary N) is 1. The lowest BCUT2D eigenvalue weighted by atomic mass is 10.0. The molecule has 2 aromatic rings. The summed E-state index contributed by atoms with van der Waals surface area (Å²) in [6, 6.07) is -0.276. The molecule has 0 radical (unpaired) electrons. The first-order valence-electron chi connectivity index (χ1n) is 8.33. The lowest BCUT2D eigenvalue weighted by molar-refractivity contribution is 0.0499. The van der Waals surface area contributed by atoms with Crippen LogP contribution in [-0.4, -0.2) is 58.9 Å². The molecule has 2 aromatic heterocycles. The second-order valence-corrected chi connectivity index (χ2v) is 9.42. The van der Waals surface area contributed by atoms with Crippen LogP contribution in [0.1, 0.15) is 18.9 Å². The topological polar surface area (TPSA) is 189 Å². The summed E-state index contributed by atoms with van der Waals surface area (Å²) in [5, 5.41) is 2.92. The maximum atomic E-state index is 11.4. The average Bonchev–Trinajstić information content (AvgIpc) is 3.05. The summed E-state index contributed by atoms with van der Waals surface area (Å²) in [6.07, 6.45) is 2.66. The normalized spacial score (nSPS) is 29.8. The molecule has 2 aliphatic rings. The van der Waals surface area contributed by atoms with Crippen LogP contribution in [0, 0.1) is 11.3 Å². The molecule has 28 heavy (non-hydrogen) atoms. The van der Waals surface area contributed by atoms with Crippen LogP contribution in [0.5, 0.6) is 0 Å². The van der Waals surface area contributed by atoms with Crippen molar-refractivity contribution in [3.8, 4) is 0 Å². The van der Waals surface area contributed by atoms with Crippen molar-refractivity contribution in [1.29, 1.82) is 0 Å². The molecule has 2 heterocycles. The predicted octanol–water partition coefficient (Wildman–Crippen LogP) is 0.406. The molecule has 0 spiro atoms. The molecular weight excluding hydrogens is 416 g/mol. The van der Waals surface area contributed by atoms with E-state index in [2.05, 4.69) is 24.8 Å². The Hall–Kier alpha value is -1.43. The van der Waals surface area contributed by atoms with E-state index in [0.717, 1.165) is 0 Å². The molecule has 5 N–H and O–H groups in total. The Kier molecular flexibility index (Phi) is 4.64. The predicted molar refractivity (Wildman–Crippen MR) is 94.0 cm³/mol. The van der Waals surface area contributed by atoms with Gasteiger partial charge in [0.1, 0.15) is 11.8 Å². The van der Waals surface area contributed by atoms with Gasteiger partial charge in [-0.2, -0.15) is 0 Å². The summed E-state index contributed by atoms with van der Waals surface area (Å²) in [4.78, 5) is 49.3. The Morgan fingerprint density at radius 2 is 2.00 bits per heavy atom. The van der Waals surface area contributed by atoms with Gasteiger partial charge in [-0.05, 0) is 18.8 Å². The zero-order valence-electron chi connectivity index (χ0n) is 14.6. The van der Waals surface area contributed by atoms with Gasteiger partial charge in [0.05, 0.1) is 19.0 Å². The van der Waals surface area contributed by atoms with Crippen LogP contribution >= 0.6 is 15.6 Å². The molecule has 2 fully saturated rings. The minimum atomic E-state index is -4.81. The van der Waals surface area contributed by atoms with E-state index < -0.39 is 27.2 Å². The molecule has 0 aliphatic heterocycles.